The monoisotopic (exact) mass is 248 g/mol. The minimum absolute atomic E-state index is 0.168. The Morgan fingerprint density at radius 2 is 1.94 bits per heavy atom. The standard InChI is InChI=1S/C16H24O2/c1-3-4-5-6-14-7-9-15(10-8-14)16-17-12-11-13(2)18-16/h7-10,13,16H,3-6,11-12H2,1-2H3. The van der Waals surface area contributed by atoms with Crippen molar-refractivity contribution in [1.82, 2.24) is 0 Å². The van der Waals surface area contributed by atoms with Gasteiger partial charge >= 0.3 is 0 Å². The van der Waals surface area contributed by atoms with Gasteiger partial charge in [-0.3, -0.25) is 0 Å². The molecule has 2 atom stereocenters. The molecule has 1 aliphatic rings. The van der Waals surface area contributed by atoms with Crippen molar-refractivity contribution in [2.45, 2.75) is 58.3 Å². The molecule has 0 amide bonds. The van der Waals surface area contributed by atoms with E-state index in [0.717, 1.165) is 18.6 Å². The Bertz CT molecular complexity index is 345. The predicted molar refractivity (Wildman–Crippen MR) is 73.5 cm³/mol. The van der Waals surface area contributed by atoms with E-state index in [1.807, 2.05) is 0 Å². The molecule has 1 aromatic rings. The van der Waals surface area contributed by atoms with Crippen LogP contribution in [-0.4, -0.2) is 12.7 Å². The maximum atomic E-state index is 5.79. The molecule has 2 unspecified atom stereocenters. The molecule has 18 heavy (non-hydrogen) atoms. The van der Waals surface area contributed by atoms with Crippen LogP contribution in [0.2, 0.25) is 0 Å². The molecule has 1 heterocycles. The van der Waals surface area contributed by atoms with Crippen LogP contribution in [0.3, 0.4) is 0 Å². The zero-order valence-electron chi connectivity index (χ0n) is 11.5. The summed E-state index contributed by atoms with van der Waals surface area (Å²) in [6.07, 6.45) is 6.17. The van der Waals surface area contributed by atoms with E-state index in [-0.39, 0.29) is 6.29 Å². The van der Waals surface area contributed by atoms with Crippen molar-refractivity contribution < 1.29 is 9.47 Å². The van der Waals surface area contributed by atoms with E-state index in [1.54, 1.807) is 0 Å². The van der Waals surface area contributed by atoms with Crippen molar-refractivity contribution >= 4 is 0 Å². The van der Waals surface area contributed by atoms with Gasteiger partial charge in [0.1, 0.15) is 0 Å². The lowest BCUT2D eigenvalue weighted by Gasteiger charge is -2.28. The van der Waals surface area contributed by atoms with E-state index >= 15 is 0 Å². The number of unbranched alkanes of at least 4 members (excludes halogenated alkanes) is 2. The van der Waals surface area contributed by atoms with Crippen molar-refractivity contribution in [2.24, 2.45) is 0 Å². The molecule has 0 N–H and O–H groups in total. The van der Waals surface area contributed by atoms with Gasteiger partial charge in [0, 0.05) is 5.56 Å². The van der Waals surface area contributed by atoms with E-state index in [9.17, 15) is 0 Å². The number of benzene rings is 1. The Morgan fingerprint density at radius 3 is 2.61 bits per heavy atom. The highest BCUT2D eigenvalue weighted by molar-refractivity contribution is 5.23. The predicted octanol–water partition coefficient (Wildman–Crippen LogP) is 4.24. The largest absolute Gasteiger partial charge is 0.348 e. The molecule has 2 nitrogen and oxygen atoms in total. The minimum Gasteiger partial charge on any atom is -0.348 e. The Kier molecular flexibility index (Phi) is 5.21. The number of rotatable bonds is 5. The van der Waals surface area contributed by atoms with Crippen molar-refractivity contribution in [3.8, 4) is 0 Å². The molecule has 0 saturated carbocycles. The molecular weight excluding hydrogens is 224 g/mol. The number of aryl methyl sites for hydroxylation is 1. The molecule has 1 aliphatic heterocycles. The van der Waals surface area contributed by atoms with E-state index in [1.165, 1.54) is 31.2 Å². The van der Waals surface area contributed by atoms with Gasteiger partial charge in [0.05, 0.1) is 12.7 Å². The second-order valence-corrected chi connectivity index (χ2v) is 5.14. The normalized spacial score (nSPS) is 24.1. The molecule has 0 spiro atoms. The first-order valence-corrected chi connectivity index (χ1v) is 7.15. The third-order valence-corrected chi connectivity index (χ3v) is 3.47. The molecule has 0 bridgehead atoms. The Morgan fingerprint density at radius 1 is 1.17 bits per heavy atom. The van der Waals surface area contributed by atoms with Crippen LogP contribution in [-0.2, 0) is 15.9 Å². The fraction of sp³-hybridized carbons (Fsp3) is 0.625. The van der Waals surface area contributed by atoms with Crippen LogP contribution in [0, 0.1) is 0 Å². The molecule has 1 fully saturated rings. The van der Waals surface area contributed by atoms with Crippen molar-refractivity contribution in [3.05, 3.63) is 35.4 Å². The minimum atomic E-state index is -0.168. The second-order valence-electron chi connectivity index (χ2n) is 5.14. The Hall–Kier alpha value is -0.860. The van der Waals surface area contributed by atoms with Crippen LogP contribution in [0.25, 0.3) is 0 Å². The summed E-state index contributed by atoms with van der Waals surface area (Å²) in [5, 5.41) is 0. The van der Waals surface area contributed by atoms with E-state index in [2.05, 4.69) is 38.1 Å². The summed E-state index contributed by atoms with van der Waals surface area (Å²) in [5.74, 6) is 0. The summed E-state index contributed by atoms with van der Waals surface area (Å²) in [6, 6.07) is 8.70. The van der Waals surface area contributed by atoms with E-state index in [0.29, 0.717) is 6.10 Å². The van der Waals surface area contributed by atoms with Crippen molar-refractivity contribution in [1.29, 1.82) is 0 Å². The number of hydrogen-bond acceptors (Lipinski definition) is 2. The van der Waals surface area contributed by atoms with Crippen molar-refractivity contribution in [3.63, 3.8) is 0 Å². The summed E-state index contributed by atoms with van der Waals surface area (Å²) in [5.41, 5.74) is 2.55. The quantitative estimate of drug-likeness (QED) is 0.725. The van der Waals surface area contributed by atoms with Crippen LogP contribution in [0.5, 0.6) is 0 Å². The Balaban J connectivity index is 1.90. The summed E-state index contributed by atoms with van der Waals surface area (Å²) in [6.45, 7) is 5.14. The summed E-state index contributed by atoms with van der Waals surface area (Å²) in [4.78, 5) is 0. The lowest BCUT2D eigenvalue weighted by Crippen LogP contribution is -2.24. The zero-order chi connectivity index (χ0) is 12.8. The maximum Gasteiger partial charge on any atom is 0.184 e. The molecule has 100 valence electrons. The first-order valence-electron chi connectivity index (χ1n) is 7.15. The fourth-order valence-corrected chi connectivity index (χ4v) is 2.25. The van der Waals surface area contributed by atoms with Gasteiger partial charge in [-0.2, -0.15) is 0 Å². The third kappa shape index (κ3) is 3.82. The SMILES string of the molecule is CCCCCc1ccc(C2OCCC(C)O2)cc1. The van der Waals surface area contributed by atoms with E-state index < -0.39 is 0 Å². The Labute approximate surface area is 110 Å². The van der Waals surface area contributed by atoms with Crippen LogP contribution < -0.4 is 0 Å². The highest BCUT2D eigenvalue weighted by Gasteiger charge is 2.20. The van der Waals surface area contributed by atoms with Crippen LogP contribution in [0.4, 0.5) is 0 Å². The van der Waals surface area contributed by atoms with Gasteiger partial charge in [-0.15, -0.1) is 0 Å². The van der Waals surface area contributed by atoms with Crippen LogP contribution in [0.15, 0.2) is 24.3 Å². The first-order chi connectivity index (χ1) is 8.79. The molecule has 0 aliphatic carbocycles. The second kappa shape index (κ2) is 6.91. The van der Waals surface area contributed by atoms with Gasteiger partial charge in [-0.1, -0.05) is 44.0 Å². The van der Waals surface area contributed by atoms with Gasteiger partial charge in [-0.25, -0.2) is 0 Å². The lowest BCUT2D eigenvalue weighted by atomic mass is 10.0. The summed E-state index contributed by atoms with van der Waals surface area (Å²) < 4.78 is 11.4. The summed E-state index contributed by atoms with van der Waals surface area (Å²) in [7, 11) is 0. The molecule has 2 heteroatoms. The van der Waals surface area contributed by atoms with Gasteiger partial charge in [0.25, 0.3) is 0 Å². The van der Waals surface area contributed by atoms with Gasteiger partial charge in [0.15, 0.2) is 6.29 Å². The van der Waals surface area contributed by atoms with Crippen molar-refractivity contribution in [2.75, 3.05) is 6.61 Å². The zero-order valence-corrected chi connectivity index (χ0v) is 11.5. The number of hydrogen-bond donors (Lipinski definition) is 0. The molecule has 0 aromatic heterocycles. The highest BCUT2D eigenvalue weighted by Crippen LogP contribution is 2.26. The van der Waals surface area contributed by atoms with Crippen LogP contribution in [0.1, 0.15) is 56.9 Å². The van der Waals surface area contributed by atoms with Gasteiger partial charge in [-0.05, 0) is 31.7 Å². The average Bonchev–Trinajstić information content (AvgIpc) is 2.40. The molecule has 2 rings (SSSR count). The molecule has 0 radical (unpaired) electrons. The third-order valence-electron chi connectivity index (χ3n) is 3.47. The lowest BCUT2D eigenvalue weighted by molar-refractivity contribution is -0.212. The smallest absolute Gasteiger partial charge is 0.184 e. The first kappa shape index (κ1) is 13.6. The van der Waals surface area contributed by atoms with Gasteiger partial charge < -0.3 is 9.47 Å². The topological polar surface area (TPSA) is 18.5 Å². The summed E-state index contributed by atoms with van der Waals surface area (Å²) >= 11 is 0. The van der Waals surface area contributed by atoms with Gasteiger partial charge in [0.2, 0.25) is 0 Å². The molecular formula is C16H24O2. The maximum absolute atomic E-state index is 5.79. The molecule has 1 saturated heterocycles. The van der Waals surface area contributed by atoms with Crippen LogP contribution >= 0.6 is 0 Å². The molecule has 1 aromatic carbocycles. The number of ether oxygens (including phenoxy) is 2. The average molecular weight is 248 g/mol. The van der Waals surface area contributed by atoms with E-state index in [4.69, 9.17) is 9.47 Å². The highest BCUT2D eigenvalue weighted by atomic mass is 16.7. The fourth-order valence-electron chi connectivity index (χ4n) is 2.25.